The van der Waals surface area contributed by atoms with Gasteiger partial charge in [0.25, 0.3) is 0 Å². The molecule has 0 aliphatic heterocycles. The van der Waals surface area contributed by atoms with Crippen LogP contribution in [0.15, 0.2) is 30.5 Å². The van der Waals surface area contributed by atoms with Crippen molar-refractivity contribution in [2.75, 3.05) is 0 Å². The molecule has 4 nitrogen and oxygen atoms in total. The summed E-state index contributed by atoms with van der Waals surface area (Å²) in [7, 11) is 0. The molecule has 0 amide bonds. The molecule has 25 heavy (non-hydrogen) atoms. The Balaban J connectivity index is 1.60. The van der Waals surface area contributed by atoms with Crippen molar-refractivity contribution in [1.82, 2.24) is 9.78 Å². The van der Waals surface area contributed by atoms with E-state index >= 15 is 0 Å². The molecule has 132 valence electrons. The lowest BCUT2D eigenvalue weighted by atomic mass is 9.75. The Labute approximate surface area is 161 Å². The molecule has 0 radical (unpaired) electrons. The fraction of sp³-hybridized carbons (Fsp3) is 0.500. The van der Waals surface area contributed by atoms with Crippen molar-refractivity contribution >= 4 is 28.6 Å². The zero-order chi connectivity index (χ0) is 18.0. The van der Waals surface area contributed by atoms with Crippen molar-refractivity contribution in [2.24, 2.45) is 10.8 Å². The van der Waals surface area contributed by atoms with E-state index in [1.165, 1.54) is 16.4 Å². The minimum atomic E-state index is -0.674. The van der Waals surface area contributed by atoms with Crippen LogP contribution in [-0.2, 0) is 4.79 Å². The van der Waals surface area contributed by atoms with Gasteiger partial charge < -0.3 is 5.11 Å². The van der Waals surface area contributed by atoms with Crippen LogP contribution in [-0.4, -0.2) is 20.9 Å². The van der Waals surface area contributed by atoms with Crippen molar-refractivity contribution in [1.29, 1.82) is 0 Å². The molecular formula is C20H23IN2O2. The fourth-order valence-corrected chi connectivity index (χ4v) is 4.72. The molecule has 0 saturated heterocycles. The zero-order valence-corrected chi connectivity index (χ0v) is 16.9. The summed E-state index contributed by atoms with van der Waals surface area (Å²) in [4.78, 5) is 11.9. The van der Waals surface area contributed by atoms with E-state index in [4.69, 9.17) is 5.10 Å². The molecule has 1 N–H and O–H groups in total. The largest absolute Gasteiger partial charge is 0.481 e. The number of benzene rings is 1. The fourth-order valence-electron chi connectivity index (χ4n) is 4.02. The Kier molecular flexibility index (Phi) is 3.80. The normalized spacial score (nSPS) is 25.8. The summed E-state index contributed by atoms with van der Waals surface area (Å²) in [6.07, 6.45) is 5.29. The molecule has 2 aliphatic rings. The molecule has 2 fully saturated rings. The van der Waals surface area contributed by atoms with Crippen molar-refractivity contribution in [3.8, 4) is 11.3 Å². The first-order chi connectivity index (χ1) is 11.7. The molecule has 2 aliphatic carbocycles. The highest BCUT2D eigenvalue weighted by Gasteiger charge is 2.67. The second kappa shape index (κ2) is 5.56. The van der Waals surface area contributed by atoms with Crippen LogP contribution >= 0.6 is 22.6 Å². The van der Waals surface area contributed by atoms with Crippen LogP contribution in [0.1, 0.15) is 57.6 Å². The molecule has 1 heterocycles. The van der Waals surface area contributed by atoms with Gasteiger partial charge in [0.1, 0.15) is 5.69 Å². The van der Waals surface area contributed by atoms with E-state index in [2.05, 4.69) is 57.7 Å². The summed E-state index contributed by atoms with van der Waals surface area (Å²) >= 11 is 2.34. The minimum absolute atomic E-state index is 0.0992. The number of aromatic nitrogens is 2. The number of hydrogen-bond donors (Lipinski definition) is 1. The van der Waals surface area contributed by atoms with Crippen molar-refractivity contribution in [2.45, 2.75) is 52.0 Å². The monoisotopic (exact) mass is 450 g/mol. The van der Waals surface area contributed by atoms with Gasteiger partial charge in [0.2, 0.25) is 0 Å². The lowest BCUT2D eigenvalue weighted by Crippen LogP contribution is -2.32. The summed E-state index contributed by atoms with van der Waals surface area (Å²) in [5.41, 5.74) is 2.36. The molecule has 2 atom stereocenters. The molecule has 1 aromatic carbocycles. The van der Waals surface area contributed by atoms with Crippen LogP contribution in [0.5, 0.6) is 0 Å². The first-order valence-corrected chi connectivity index (χ1v) is 9.90. The summed E-state index contributed by atoms with van der Waals surface area (Å²) in [6.45, 7) is 6.09. The Morgan fingerprint density at radius 2 is 1.92 bits per heavy atom. The van der Waals surface area contributed by atoms with E-state index in [0.29, 0.717) is 6.04 Å². The summed E-state index contributed by atoms with van der Waals surface area (Å²) in [5.74, 6) is -0.575. The molecule has 5 heteroatoms. The van der Waals surface area contributed by atoms with Gasteiger partial charge in [-0.25, -0.2) is 0 Å². The van der Waals surface area contributed by atoms with Crippen molar-refractivity contribution in [3.05, 3.63) is 39.6 Å². The number of halogens is 1. The molecule has 2 unspecified atom stereocenters. The number of rotatable bonds is 4. The van der Waals surface area contributed by atoms with Gasteiger partial charge in [-0.2, -0.15) is 5.10 Å². The average molecular weight is 450 g/mol. The number of carboxylic acids is 1. The highest BCUT2D eigenvalue weighted by molar-refractivity contribution is 14.1. The SMILES string of the molecule is CC(C)(C)C1(C(=O)O)CC1c1ccc(-c2nn(C3CC3)cc2I)cc1. The van der Waals surface area contributed by atoms with Gasteiger partial charge >= 0.3 is 5.97 Å². The first-order valence-electron chi connectivity index (χ1n) is 8.82. The molecule has 1 aromatic heterocycles. The van der Waals surface area contributed by atoms with Gasteiger partial charge in [-0.05, 0) is 52.8 Å². The van der Waals surface area contributed by atoms with Crippen LogP contribution in [0, 0.1) is 14.4 Å². The second-order valence-electron chi connectivity index (χ2n) is 8.44. The number of aliphatic carboxylic acids is 1. The number of hydrogen-bond acceptors (Lipinski definition) is 2. The molecular weight excluding hydrogens is 427 g/mol. The van der Waals surface area contributed by atoms with Crippen LogP contribution in [0.4, 0.5) is 0 Å². The van der Waals surface area contributed by atoms with E-state index in [-0.39, 0.29) is 11.3 Å². The van der Waals surface area contributed by atoms with Crippen LogP contribution in [0.3, 0.4) is 0 Å². The molecule has 2 aromatic rings. The molecule has 0 spiro atoms. The summed E-state index contributed by atoms with van der Waals surface area (Å²) in [5, 5.41) is 14.5. The third-order valence-electron chi connectivity index (χ3n) is 5.88. The van der Waals surface area contributed by atoms with Crippen LogP contribution < -0.4 is 0 Å². The molecule has 0 bridgehead atoms. The Bertz CT molecular complexity index is 830. The Morgan fingerprint density at radius 3 is 2.40 bits per heavy atom. The average Bonchev–Trinajstić information content (AvgIpc) is 3.43. The number of carboxylic acid groups (broad SMARTS) is 1. The maximum Gasteiger partial charge on any atom is 0.310 e. The van der Waals surface area contributed by atoms with Gasteiger partial charge in [-0.1, -0.05) is 45.0 Å². The first kappa shape index (κ1) is 17.1. The summed E-state index contributed by atoms with van der Waals surface area (Å²) in [6, 6.07) is 8.93. The Morgan fingerprint density at radius 1 is 1.28 bits per heavy atom. The topological polar surface area (TPSA) is 55.1 Å². The van der Waals surface area contributed by atoms with Crippen molar-refractivity contribution < 1.29 is 9.90 Å². The quantitative estimate of drug-likeness (QED) is 0.660. The third kappa shape index (κ3) is 2.71. The van der Waals surface area contributed by atoms with Gasteiger partial charge in [-0.3, -0.25) is 9.48 Å². The van der Waals surface area contributed by atoms with Gasteiger partial charge in [0.05, 0.1) is 15.0 Å². The van der Waals surface area contributed by atoms with E-state index in [0.717, 1.165) is 23.2 Å². The van der Waals surface area contributed by atoms with E-state index in [1.54, 1.807) is 0 Å². The predicted octanol–water partition coefficient (Wildman–Crippen LogP) is 5.09. The smallest absolute Gasteiger partial charge is 0.310 e. The van der Waals surface area contributed by atoms with E-state index in [9.17, 15) is 9.90 Å². The lowest BCUT2D eigenvalue weighted by Gasteiger charge is -2.28. The van der Waals surface area contributed by atoms with Crippen LogP contribution in [0.25, 0.3) is 11.3 Å². The van der Waals surface area contributed by atoms with Crippen LogP contribution in [0.2, 0.25) is 0 Å². The van der Waals surface area contributed by atoms with Crippen molar-refractivity contribution in [3.63, 3.8) is 0 Å². The van der Waals surface area contributed by atoms with Gasteiger partial charge in [-0.15, -0.1) is 0 Å². The molecule has 2 saturated carbocycles. The number of carbonyl (C=O) groups is 1. The third-order valence-corrected chi connectivity index (χ3v) is 6.67. The van der Waals surface area contributed by atoms with E-state index < -0.39 is 11.4 Å². The molecule has 4 rings (SSSR count). The Hall–Kier alpha value is -1.37. The van der Waals surface area contributed by atoms with Gasteiger partial charge in [0.15, 0.2) is 0 Å². The lowest BCUT2D eigenvalue weighted by molar-refractivity contribution is -0.148. The second-order valence-corrected chi connectivity index (χ2v) is 9.60. The standard InChI is InChI=1S/C20H23IN2O2/c1-19(2,3)20(18(24)25)10-15(20)12-4-6-13(7-5-12)17-16(21)11-23(22-17)14-8-9-14/h4-7,11,14-15H,8-10H2,1-3H3,(H,24,25). The van der Waals surface area contributed by atoms with Gasteiger partial charge in [0, 0.05) is 17.7 Å². The maximum atomic E-state index is 11.9. The van der Waals surface area contributed by atoms with E-state index in [1.807, 2.05) is 20.8 Å². The predicted molar refractivity (Wildman–Crippen MR) is 106 cm³/mol. The minimum Gasteiger partial charge on any atom is -0.481 e. The highest BCUT2D eigenvalue weighted by atomic mass is 127. The zero-order valence-electron chi connectivity index (χ0n) is 14.8. The summed E-state index contributed by atoms with van der Waals surface area (Å²) < 4.78 is 3.25. The highest BCUT2D eigenvalue weighted by Crippen LogP contribution is 2.68. The maximum absolute atomic E-state index is 11.9. The number of nitrogens with zero attached hydrogens (tertiary/aromatic N) is 2.